The minimum Gasteiger partial charge on any atom is -0.356 e. The van der Waals surface area contributed by atoms with E-state index in [9.17, 15) is 18.0 Å². The maximum absolute atomic E-state index is 14.1. The van der Waals surface area contributed by atoms with Crippen LogP contribution in [0.2, 0.25) is 0 Å². The first kappa shape index (κ1) is 31.1. The Kier molecular flexibility index (Phi) is 10.7. The van der Waals surface area contributed by atoms with Gasteiger partial charge in [-0.15, -0.1) is 0 Å². The summed E-state index contributed by atoms with van der Waals surface area (Å²) >= 11 is 0. The molecule has 2 aliphatic rings. The fraction of sp³-hybridized carbons (Fsp3) is 0.517. The van der Waals surface area contributed by atoms with Gasteiger partial charge in [0.15, 0.2) is 0 Å². The second-order valence-corrected chi connectivity index (χ2v) is 10.8. The number of aliphatic imine (C=N–C) groups is 1. The van der Waals surface area contributed by atoms with Crippen molar-refractivity contribution in [2.24, 2.45) is 28.0 Å². The Balaban J connectivity index is 2.30. The monoisotopic (exact) mass is 531 g/mol. The Labute approximate surface area is 224 Å². The topological polar surface area (TPSA) is 91.5 Å². The minimum atomic E-state index is -4.57. The van der Waals surface area contributed by atoms with Gasteiger partial charge >= 0.3 is 6.18 Å². The van der Waals surface area contributed by atoms with Crippen molar-refractivity contribution in [2.45, 2.75) is 59.8 Å². The van der Waals surface area contributed by atoms with Crippen LogP contribution >= 0.6 is 0 Å². The van der Waals surface area contributed by atoms with Gasteiger partial charge in [0.1, 0.15) is 6.04 Å². The van der Waals surface area contributed by atoms with E-state index >= 15 is 0 Å². The van der Waals surface area contributed by atoms with Crippen LogP contribution < -0.4 is 21.7 Å². The molecule has 0 spiro atoms. The van der Waals surface area contributed by atoms with Gasteiger partial charge in [0.25, 0.3) is 0 Å². The number of carbonyl (C=O) groups is 1. The Hall–Kier alpha value is -3.09. The lowest BCUT2D eigenvalue weighted by molar-refractivity contribution is -0.124. The molecule has 0 aromatic rings. The zero-order chi connectivity index (χ0) is 28.7. The van der Waals surface area contributed by atoms with Gasteiger partial charge < -0.3 is 21.7 Å². The zero-order valence-electron chi connectivity index (χ0n) is 23.1. The summed E-state index contributed by atoms with van der Waals surface area (Å²) in [7, 11) is 0. The normalized spacial score (nSPS) is 20.3. The van der Waals surface area contributed by atoms with Gasteiger partial charge in [-0.1, -0.05) is 51.3 Å². The maximum atomic E-state index is 14.1. The van der Waals surface area contributed by atoms with E-state index in [1.54, 1.807) is 32.2 Å². The lowest BCUT2D eigenvalue weighted by Crippen LogP contribution is -2.41. The second-order valence-electron chi connectivity index (χ2n) is 10.8. The van der Waals surface area contributed by atoms with Crippen molar-refractivity contribution in [3.8, 4) is 11.8 Å². The van der Waals surface area contributed by atoms with E-state index in [-0.39, 0.29) is 54.4 Å². The number of nitrogens with one attached hydrogen (secondary N) is 3. The van der Waals surface area contributed by atoms with E-state index in [4.69, 9.17) is 5.73 Å². The molecule has 0 aliphatic carbocycles. The molecule has 3 atom stereocenters. The van der Waals surface area contributed by atoms with Crippen LogP contribution in [0, 0.1) is 29.1 Å². The van der Waals surface area contributed by atoms with Gasteiger partial charge in [-0.2, -0.15) is 13.2 Å². The lowest BCUT2D eigenvalue weighted by Gasteiger charge is -2.24. The van der Waals surface area contributed by atoms with Gasteiger partial charge in [-0.05, 0) is 38.5 Å². The molecule has 0 saturated heterocycles. The van der Waals surface area contributed by atoms with Gasteiger partial charge in [-0.3, -0.25) is 9.79 Å². The van der Waals surface area contributed by atoms with Gasteiger partial charge in [-0.25, -0.2) is 0 Å². The smallest absolute Gasteiger partial charge is 0.356 e. The van der Waals surface area contributed by atoms with E-state index in [1.165, 1.54) is 6.08 Å². The molecule has 0 aromatic heterocycles. The van der Waals surface area contributed by atoms with Crippen molar-refractivity contribution < 1.29 is 18.0 Å². The van der Waals surface area contributed by atoms with Crippen LogP contribution in [-0.4, -0.2) is 50.0 Å². The molecule has 0 radical (unpaired) electrons. The standard InChI is InChI=1S/C29H40F3N5O/c1-18(2)27(38)36-16-23-8-9-25(29(30,31)32)24(17-35-23)26-13-21(12-20(4)37-26)19(3)15-34-22(14-33)10-11-28(5,6)7/h8-9,12-13,15,18-19,22-23,35,37H,4,14,16-17,33H2,1-3,5-7H3,(H,36,38)/t19-,22?,23?/m1/s1. The first-order valence-electron chi connectivity index (χ1n) is 12.8. The summed E-state index contributed by atoms with van der Waals surface area (Å²) in [5.74, 6) is 5.64. The predicted molar refractivity (Wildman–Crippen MR) is 148 cm³/mol. The van der Waals surface area contributed by atoms with Crippen LogP contribution in [0.4, 0.5) is 13.2 Å². The average Bonchev–Trinajstić information content (AvgIpc) is 3.04. The van der Waals surface area contributed by atoms with Crippen LogP contribution in [-0.2, 0) is 4.79 Å². The third kappa shape index (κ3) is 9.66. The van der Waals surface area contributed by atoms with Gasteiger partial charge in [0, 0.05) is 66.1 Å². The molecule has 0 aromatic carbocycles. The molecule has 2 heterocycles. The number of halogens is 3. The highest BCUT2D eigenvalue weighted by molar-refractivity contribution is 5.77. The van der Waals surface area contributed by atoms with Crippen molar-refractivity contribution in [3.05, 3.63) is 59.0 Å². The first-order valence-corrected chi connectivity index (χ1v) is 12.8. The predicted octanol–water partition coefficient (Wildman–Crippen LogP) is 4.16. The fourth-order valence-electron chi connectivity index (χ4n) is 3.63. The highest BCUT2D eigenvalue weighted by Crippen LogP contribution is 2.34. The van der Waals surface area contributed by atoms with Crippen LogP contribution in [0.3, 0.4) is 0 Å². The molecule has 2 aliphatic heterocycles. The summed E-state index contributed by atoms with van der Waals surface area (Å²) in [6.07, 6.45) is 3.16. The van der Waals surface area contributed by atoms with E-state index in [0.717, 1.165) is 11.6 Å². The summed E-state index contributed by atoms with van der Waals surface area (Å²) < 4.78 is 42.3. The van der Waals surface area contributed by atoms with Crippen molar-refractivity contribution in [1.82, 2.24) is 16.0 Å². The molecule has 6 nitrogen and oxygen atoms in total. The summed E-state index contributed by atoms with van der Waals surface area (Å²) in [5.41, 5.74) is 6.51. The van der Waals surface area contributed by atoms with E-state index in [0.29, 0.717) is 11.4 Å². The third-order valence-corrected chi connectivity index (χ3v) is 5.81. The van der Waals surface area contributed by atoms with Crippen molar-refractivity contribution >= 4 is 12.1 Å². The number of rotatable bonds is 8. The number of nitrogens with zero attached hydrogens (tertiary/aromatic N) is 1. The van der Waals surface area contributed by atoms with Crippen LogP contribution in [0.25, 0.3) is 0 Å². The number of hydrogen-bond acceptors (Lipinski definition) is 5. The van der Waals surface area contributed by atoms with E-state index in [2.05, 4.69) is 39.4 Å². The summed E-state index contributed by atoms with van der Waals surface area (Å²) in [6, 6.07) is -0.821. The minimum absolute atomic E-state index is 0.0520. The molecule has 2 rings (SSSR count). The number of allylic oxidation sites excluding steroid dienone is 5. The van der Waals surface area contributed by atoms with Crippen molar-refractivity contribution in [1.29, 1.82) is 0 Å². The first-order chi connectivity index (χ1) is 17.6. The molecular weight excluding hydrogens is 491 g/mol. The molecule has 9 heteroatoms. The van der Waals surface area contributed by atoms with E-state index < -0.39 is 17.8 Å². The summed E-state index contributed by atoms with van der Waals surface area (Å²) in [4.78, 5) is 16.4. The molecule has 1 amide bonds. The summed E-state index contributed by atoms with van der Waals surface area (Å²) in [6.45, 7) is 15.8. The Morgan fingerprint density at radius 1 is 1.29 bits per heavy atom. The number of amides is 1. The largest absolute Gasteiger partial charge is 0.416 e. The Morgan fingerprint density at radius 2 is 1.97 bits per heavy atom. The quantitative estimate of drug-likeness (QED) is 0.280. The maximum Gasteiger partial charge on any atom is 0.416 e. The lowest BCUT2D eigenvalue weighted by atomic mass is 9.94. The Morgan fingerprint density at radius 3 is 2.55 bits per heavy atom. The highest BCUT2D eigenvalue weighted by atomic mass is 19.4. The molecule has 0 saturated carbocycles. The zero-order valence-corrected chi connectivity index (χ0v) is 23.1. The number of hydrogen-bond donors (Lipinski definition) is 4. The molecule has 38 heavy (non-hydrogen) atoms. The van der Waals surface area contributed by atoms with E-state index in [1.807, 2.05) is 27.7 Å². The Bertz CT molecular complexity index is 1110. The van der Waals surface area contributed by atoms with Crippen molar-refractivity contribution in [3.63, 3.8) is 0 Å². The average molecular weight is 532 g/mol. The number of dihydropyridines is 1. The number of carbonyl (C=O) groups excluding carboxylic acids is 1. The summed E-state index contributed by atoms with van der Waals surface area (Å²) in [5, 5.41) is 8.87. The number of nitrogens with two attached hydrogens (primary N) is 1. The van der Waals surface area contributed by atoms with Crippen LogP contribution in [0.1, 0.15) is 41.5 Å². The number of alkyl halides is 3. The fourth-order valence-corrected chi connectivity index (χ4v) is 3.63. The molecular formula is C29H40F3N5O. The van der Waals surface area contributed by atoms with Gasteiger partial charge in [0.2, 0.25) is 5.91 Å². The molecule has 2 unspecified atom stereocenters. The van der Waals surface area contributed by atoms with Gasteiger partial charge in [0.05, 0.1) is 5.57 Å². The van der Waals surface area contributed by atoms with Crippen molar-refractivity contribution in [2.75, 3.05) is 19.6 Å². The second kappa shape index (κ2) is 13.1. The van der Waals surface area contributed by atoms with Crippen LogP contribution in [0.5, 0.6) is 0 Å². The highest BCUT2D eigenvalue weighted by Gasteiger charge is 2.37. The van der Waals surface area contributed by atoms with Crippen LogP contribution in [0.15, 0.2) is 64.0 Å². The molecule has 208 valence electrons. The molecule has 0 fully saturated rings. The molecule has 0 bridgehead atoms. The third-order valence-electron chi connectivity index (χ3n) is 5.81. The SMILES string of the molecule is C=C1C=C([C@H](C)C=NC(C#CC(C)(C)C)CN)C=C(C2=C(C(F)(F)F)C=CC(CNC(=O)C(C)C)NC2)N1. The molecule has 5 N–H and O–H groups in total.